The molecular formula is C18H26N2O4. The van der Waals surface area contributed by atoms with Gasteiger partial charge in [0, 0.05) is 24.7 Å². The summed E-state index contributed by atoms with van der Waals surface area (Å²) in [6, 6.07) is 9.10. The predicted molar refractivity (Wildman–Crippen MR) is 92.2 cm³/mol. The van der Waals surface area contributed by atoms with Crippen LogP contribution in [-0.4, -0.2) is 38.0 Å². The third kappa shape index (κ3) is 4.91. The molecule has 0 bridgehead atoms. The number of hydrogen-bond donors (Lipinski definition) is 2. The van der Waals surface area contributed by atoms with Gasteiger partial charge in [0.2, 0.25) is 5.78 Å². The molecule has 2 rings (SSSR count). The van der Waals surface area contributed by atoms with Crippen molar-refractivity contribution in [2.24, 2.45) is 5.73 Å². The van der Waals surface area contributed by atoms with Crippen LogP contribution in [0.5, 0.6) is 0 Å². The standard InChI is InChI=1S/C16H20N2O4.C2H6/c1-16(12-5-3-2-4-6-12)14(19)11-13(22-16)15(20)18-8-10-21-9-7-17;1-2/h2-6,11H,7-10,17H2,1H3,(H,18,20);1-2H3. The number of amides is 1. The Morgan fingerprint density at radius 2 is 1.92 bits per heavy atom. The molecule has 6 heteroatoms. The van der Waals surface area contributed by atoms with Crippen molar-refractivity contribution in [3.05, 3.63) is 47.7 Å². The molecular weight excluding hydrogens is 308 g/mol. The Labute approximate surface area is 143 Å². The fraction of sp³-hybridized carbons (Fsp3) is 0.444. The van der Waals surface area contributed by atoms with Gasteiger partial charge in [-0.15, -0.1) is 0 Å². The van der Waals surface area contributed by atoms with Crippen molar-refractivity contribution < 1.29 is 19.1 Å². The number of hydrogen-bond acceptors (Lipinski definition) is 5. The SMILES string of the molecule is CC.CC1(c2ccccc2)OC(C(=O)NCCOCCN)=CC1=O. The van der Waals surface area contributed by atoms with Crippen LogP contribution in [0.2, 0.25) is 0 Å². The summed E-state index contributed by atoms with van der Waals surface area (Å²) in [5.41, 5.74) is 4.86. The van der Waals surface area contributed by atoms with Gasteiger partial charge in [-0.1, -0.05) is 44.2 Å². The van der Waals surface area contributed by atoms with Gasteiger partial charge in [-0.05, 0) is 6.92 Å². The first-order valence-electron chi connectivity index (χ1n) is 8.14. The zero-order valence-electron chi connectivity index (χ0n) is 14.5. The smallest absolute Gasteiger partial charge is 0.286 e. The first-order chi connectivity index (χ1) is 11.6. The maximum atomic E-state index is 12.2. The van der Waals surface area contributed by atoms with Gasteiger partial charge in [-0.3, -0.25) is 9.59 Å². The van der Waals surface area contributed by atoms with Gasteiger partial charge >= 0.3 is 0 Å². The Balaban J connectivity index is 0.00000139. The second-order valence-electron chi connectivity index (χ2n) is 5.03. The van der Waals surface area contributed by atoms with Gasteiger partial charge < -0.3 is 20.5 Å². The highest BCUT2D eigenvalue weighted by Gasteiger charge is 2.43. The average Bonchev–Trinajstić information content (AvgIpc) is 2.93. The second-order valence-corrected chi connectivity index (χ2v) is 5.03. The number of carbonyl (C=O) groups excluding carboxylic acids is 2. The van der Waals surface area contributed by atoms with E-state index in [1.807, 2.05) is 32.0 Å². The summed E-state index contributed by atoms with van der Waals surface area (Å²) in [6.07, 6.45) is 1.24. The number of rotatable bonds is 7. The molecule has 0 radical (unpaired) electrons. The number of nitrogens with two attached hydrogens (primary N) is 1. The fourth-order valence-corrected chi connectivity index (χ4v) is 2.13. The summed E-state index contributed by atoms with van der Waals surface area (Å²) >= 11 is 0. The maximum absolute atomic E-state index is 12.2. The normalized spacial score (nSPS) is 19.0. The molecule has 0 saturated heterocycles. The molecule has 0 spiro atoms. The molecule has 1 unspecified atom stereocenters. The van der Waals surface area contributed by atoms with Crippen molar-refractivity contribution in [3.8, 4) is 0 Å². The van der Waals surface area contributed by atoms with Crippen LogP contribution < -0.4 is 11.1 Å². The van der Waals surface area contributed by atoms with E-state index < -0.39 is 11.5 Å². The molecule has 132 valence electrons. The fourth-order valence-electron chi connectivity index (χ4n) is 2.13. The largest absolute Gasteiger partial charge is 0.469 e. The minimum atomic E-state index is -1.15. The Bertz CT molecular complexity index is 572. The van der Waals surface area contributed by atoms with Crippen LogP contribution >= 0.6 is 0 Å². The van der Waals surface area contributed by atoms with Gasteiger partial charge in [0.1, 0.15) is 0 Å². The Morgan fingerprint density at radius 3 is 2.54 bits per heavy atom. The monoisotopic (exact) mass is 334 g/mol. The van der Waals surface area contributed by atoms with E-state index >= 15 is 0 Å². The highest BCUT2D eigenvalue weighted by Crippen LogP contribution is 2.34. The molecule has 0 saturated carbocycles. The van der Waals surface area contributed by atoms with Crippen LogP contribution in [0.1, 0.15) is 26.3 Å². The lowest BCUT2D eigenvalue weighted by Crippen LogP contribution is -2.33. The maximum Gasteiger partial charge on any atom is 0.286 e. The summed E-state index contributed by atoms with van der Waals surface area (Å²) in [7, 11) is 0. The summed E-state index contributed by atoms with van der Waals surface area (Å²) in [6.45, 7) is 7.23. The van der Waals surface area contributed by atoms with Gasteiger partial charge in [0.05, 0.1) is 13.2 Å². The van der Waals surface area contributed by atoms with Crippen molar-refractivity contribution in [1.29, 1.82) is 0 Å². The van der Waals surface area contributed by atoms with Crippen molar-refractivity contribution in [3.63, 3.8) is 0 Å². The number of benzene rings is 1. The van der Waals surface area contributed by atoms with Crippen LogP contribution in [-0.2, 0) is 24.7 Å². The molecule has 1 aliphatic rings. The van der Waals surface area contributed by atoms with E-state index in [2.05, 4.69) is 5.32 Å². The lowest BCUT2D eigenvalue weighted by Gasteiger charge is -2.23. The molecule has 1 aliphatic heterocycles. The minimum absolute atomic E-state index is 0.0233. The highest BCUT2D eigenvalue weighted by atomic mass is 16.5. The summed E-state index contributed by atoms with van der Waals surface area (Å²) in [5.74, 6) is -0.650. The quantitative estimate of drug-likeness (QED) is 0.738. The third-order valence-electron chi connectivity index (χ3n) is 3.39. The molecule has 0 aliphatic carbocycles. The number of carbonyl (C=O) groups is 2. The number of ketones is 1. The van der Waals surface area contributed by atoms with E-state index in [4.69, 9.17) is 15.2 Å². The van der Waals surface area contributed by atoms with Gasteiger partial charge in [0.15, 0.2) is 11.4 Å². The molecule has 1 atom stereocenters. The van der Waals surface area contributed by atoms with Crippen LogP contribution in [0.15, 0.2) is 42.2 Å². The van der Waals surface area contributed by atoms with Crippen molar-refractivity contribution in [2.75, 3.05) is 26.3 Å². The lowest BCUT2D eigenvalue weighted by molar-refractivity contribution is -0.132. The van der Waals surface area contributed by atoms with E-state index in [0.29, 0.717) is 31.9 Å². The van der Waals surface area contributed by atoms with E-state index in [1.54, 1.807) is 19.1 Å². The van der Waals surface area contributed by atoms with E-state index in [9.17, 15) is 9.59 Å². The lowest BCUT2D eigenvalue weighted by atomic mass is 9.92. The molecule has 1 aromatic carbocycles. The number of ether oxygens (including phenoxy) is 2. The molecule has 24 heavy (non-hydrogen) atoms. The molecule has 6 nitrogen and oxygen atoms in total. The first-order valence-corrected chi connectivity index (χ1v) is 8.14. The Hall–Kier alpha value is -2.18. The molecule has 1 aromatic rings. The Morgan fingerprint density at radius 1 is 1.25 bits per heavy atom. The van der Waals surface area contributed by atoms with Gasteiger partial charge in [0.25, 0.3) is 5.91 Å². The van der Waals surface area contributed by atoms with Crippen molar-refractivity contribution in [1.82, 2.24) is 5.32 Å². The van der Waals surface area contributed by atoms with Crippen LogP contribution in [0, 0.1) is 0 Å². The minimum Gasteiger partial charge on any atom is -0.469 e. The molecule has 1 amide bonds. The zero-order chi connectivity index (χ0) is 18.0. The summed E-state index contributed by atoms with van der Waals surface area (Å²) in [5, 5.41) is 2.64. The van der Waals surface area contributed by atoms with E-state index in [1.165, 1.54) is 6.08 Å². The first kappa shape index (κ1) is 19.9. The van der Waals surface area contributed by atoms with Gasteiger partial charge in [-0.25, -0.2) is 0 Å². The molecule has 1 heterocycles. The Kier molecular flexibility index (Phi) is 8.15. The van der Waals surface area contributed by atoms with Crippen LogP contribution in [0.25, 0.3) is 0 Å². The van der Waals surface area contributed by atoms with Crippen LogP contribution in [0.3, 0.4) is 0 Å². The zero-order valence-corrected chi connectivity index (χ0v) is 14.5. The van der Waals surface area contributed by atoms with Gasteiger partial charge in [-0.2, -0.15) is 0 Å². The predicted octanol–water partition coefficient (Wildman–Crippen LogP) is 1.50. The van der Waals surface area contributed by atoms with E-state index in [0.717, 1.165) is 0 Å². The molecule has 3 N–H and O–H groups in total. The number of nitrogens with one attached hydrogen (secondary N) is 1. The summed E-state index contributed by atoms with van der Waals surface area (Å²) in [4.78, 5) is 24.2. The highest BCUT2D eigenvalue weighted by molar-refractivity contribution is 6.07. The van der Waals surface area contributed by atoms with Crippen molar-refractivity contribution in [2.45, 2.75) is 26.4 Å². The third-order valence-corrected chi connectivity index (χ3v) is 3.39. The van der Waals surface area contributed by atoms with Crippen molar-refractivity contribution >= 4 is 11.7 Å². The molecule has 0 fully saturated rings. The second kappa shape index (κ2) is 9.85. The van der Waals surface area contributed by atoms with Crippen LogP contribution in [0.4, 0.5) is 0 Å². The molecule has 0 aromatic heterocycles. The summed E-state index contributed by atoms with van der Waals surface area (Å²) < 4.78 is 10.8. The topological polar surface area (TPSA) is 90.7 Å². The average molecular weight is 334 g/mol. The van der Waals surface area contributed by atoms with E-state index in [-0.39, 0.29) is 11.5 Å².